The van der Waals surface area contributed by atoms with Crippen molar-refractivity contribution < 1.29 is 13.6 Å². The summed E-state index contributed by atoms with van der Waals surface area (Å²) in [6, 6.07) is 8.03. The van der Waals surface area contributed by atoms with E-state index in [0.717, 1.165) is 24.0 Å². The molecular weight excluding hydrogens is 386 g/mol. The van der Waals surface area contributed by atoms with E-state index in [2.05, 4.69) is 15.0 Å². The third-order valence-electron chi connectivity index (χ3n) is 5.53. The van der Waals surface area contributed by atoms with Crippen molar-refractivity contribution in [2.75, 3.05) is 18.0 Å². The molecule has 0 atom stereocenters. The third kappa shape index (κ3) is 3.03. The van der Waals surface area contributed by atoms with E-state index >= 15 is 4.39 Å². The minimum absolute atomic E-state index is 0.185. The molecule has 3 aromatic heterocycles. The van der Waals surface area contributed by atoms with Gasteiger partial charge in [-0.3, -0.25) is 9.78 Å². The Labute approximate surface area is 171 Å². The van der Waals surface area contributed by atoms with Crippen LogP contribution in [0, 0.1) is 11.6 Å². The lowest BCUT2D eigenvalue weighted by molar-refractivity contribution is 0.103. The summed E-state index contributed by atoms with van der Waals surface area (Å²) in [4.78, 5) is 26.4. The smallest absolute Gasteiger partial charge is 0.201 e. The quantitative estimate of drug-likeness (QED) is 0.500. The van der Waals surface area contributed by atoms with Gasteiger partial charge in [-0.1, -0.05) is 0 Å². The summed E-state index contributed by atoms with van der Waals surface area (Å²) in [5.74, 6) is -2.38. The minimum Gasteiger partial charge on any atom is -0.369 e. The van der Waals surface area contributed by atoms with Crippen LogP contribution in [0.25, 0.3) is 22.2 Å². The van der Waals surface area contributed by atoms with E-state index in [1.165, 1.54) is 18.3 Å². The average Bonchev–Trinajstić information content (AvgIpc) is 3.44. The molecule has 1 saturated heterocycles. The first-order valence-electron chi connectivity index (χ1n) is 9.78. The van der Waals surface area contributed by atoms with Gasteiger partial charge >= 0.3 is 0 Å². The molecule has 7 heteroatoms. The van der Waals surface area contributed by atoms with Crippen molar-refractivity contribution in [1.82, 2.24) is 15.0 Å². The molecule has 4 heterocycles. The maximum Gasteiger partial charge on any atom is 0.201 e. The number of H-pyrrole nitrogens is 1. The standard InChI is InChI=1S/C23H18F2N4O/c24-18-3-4-19(29-9-1-2-10-29)21(25)20(18)22(30)17-13-28-23-16(17)11-15(12-27-23)14-5-7-26-8-6-14/h3-8,11-13H,1-2,9-10H2,(H,27,28). The van der Waals surface area contributed by atoms with Gasteiger partial charge in [0.2, 0.25) is 5.78 Å². The number of ketones is 1. The second-order valence-corrected chi connectivity index (χ2v) is 7.34. The number of hydrogen-bond acceptors (Lipinski definition) is 4. The molecule has 1 aromatic carbocycles. The highest BCUT2D eigenvalue weighted by atomic mass is 19.1. The lowest BCUT2D eigenvalue weighted by Gasteiger charge is -2.19. The van der Waals surface area contributed by atoms with Crippen LogP contribution in [0.2, 0.25) is 0 Å². The molecule has 1 N–H and O–H groups in total. The number of rotatable bonds is 4. The number of carbonyl (C=O) groups is 1. The van der Waals surface area contributed by atoms with Gasteiger partial charge in [0.15, 0.2) is 5.82 Å². The van der Waals surface area contributed by atoms with Gasteiger partial charge in [0.1, 0.15) is 11.5 Å². The van der Waals surface area contributed by atoms with Crippen LogP contribution in [-0.4, -0.2) is 33.8 Å². The van der Waals surface area contributed by atoms with Gasteiger partial charge in [-0.25, -0.2) is 13.8 Å². The molecule has 0 aliphatic carbocycles. The number of nitrogens with one attached hydrogen (secondary N) is 1. The summed E-state index contributed by atoms with van der Waals surface area (Å²) < 4.78 is 29.8. The zero-order valence-electron chi connectivity index (χ0n) is 16.0. The number of aromatic nitrogens is 3. The summed E-state index contributed by atoms with van der Waals surface area (Å²) in [5, 5.41) is 0.514. The fourth-order valence-corrected chi connectivity index (χ4v) is 3.98. The van der Waals surface area contributed by atoms with Crippen LogP contribution >= 0.6 is 0 Å². The molecule has 0 bridgehead atoms. The van der Waals surface area contributed by atoms with Crippen LogP contribution in [0.1, 0.15) is 28.8 Å². The number of benzene rings is 1. The second-order valence-electron chi connectivity index (χ2n) is 7.34. The molecule has 1 aliphatic heterocycles. The number of carbonyl (C=O) groups excluding carboxylic acids is 1. The Morgan fingerprint density at radius 2 is 1.80 bits per heavy atom. The number of pyridine rings is 2. The number of anilines is 1. The summed E-state index contributed by atoms with van der Waals surface area (Å²) in [5.41, 5.74) is 2.07. The molecule has 0 amide bonds. The van der Waals surface area contributed by atoms with Crippen molar-refractivity contribution in [3.8, 4) is 11.1 Å². The van der Waals surface area contributed by atoms with E-state index in [9.17, 15) is 9.18 Å². The van der Waals surface area contributed by atoms with Crippen molar-refractivity contribution >= 4 is 22.5 Å². The van der Waals surface area contributed by atoms with E-state index in [4.69, 9.17) is 0 Å². The highest BCUT2D eigenvalue weighted by molar-refractivity contribution is 6.16. The highest BCUT2D eigenvalue weighted by Gasteiger charge is 2.27. The molecule has 5 rings (SSSR count). The Balaban J connectivity index is 1.61. The summed E-state index contributed by atoms with van der Waals surface area (Å²) >= 11 is 0. The normalized spacial score (nSPS) is 13.9. The largest absolute Gasteiger partial charge is 0.369 e. The SMILES string of the molecule is O=C(c1c(F)ccc(N2CCCC2)c1F)c1c[nH]c2ncc(-c3ccncc3)cc12. The van der Waals surface area contributed by atoms with Gasteiger partial charge in [-0.05, 0) is 48.7 Å². The number of hydrogen-bond donors (Lipinski definition) is 1. The van der Waals surface area contributed by atoms with Gasteiger partial charge in [0.05, 0.1) is 11.3 Å². The Bertz CT molecular complexity index is 1250. The first kappa shape index (κ1) is 18.4. The first-order chi connectivity index (χ1) is 14.6. The number of fused-ring (bicyclic) bond motifs is 1. The van der Waals surface area contributed by atoms with Gasteiger partial charge < -0.3 is 9.88 Å². The van der Waals surface area contributed by atoms with Crippen LogP contribution in [0.3, 0.4) is 0 Å². The van der Waals surface area contributed by atoms with Crippen LogP contribution in [0.15, 0.2) is 55.1 Å². The lowest BCUT2D eigenvalue weighted by Crippen LogP contribution is -2.21. The molecule has 4 aromatic rings. The molecule has 150 valence electrons. The highest BCUT2D eigenvalue weighted by Crippen LogP contribution is 2.31. The van der Waals surface area contributed by atoms with E-state index < -0.39 is 23.0 Å². The molecule has 1 fully saturated rings. The lowest BCUT2D eigenvalue weighted by atomic mass is 10.00. The summed E-state index contributed by atoms with van der Waals surface area (Å²) in [7, 11) is 0. The van der Waals surface area contributed by atoms with Crippen LogP contribution < -0.4 is 4.90 Å². The van der Waals surface area contributed by atoms with Crippen LogP contribution in [-0.2, 0) is 0 Å². The van der Waals surface area contributed by atoms with E-state index in [1.54, 1.807) is 24.7 Å². The Morgan fingerprint density at radius 1 is 1.03 bits per heavy atom. The molecule has 0 saturated carbocycles. The zero-order valence-corrected chi connectivity index (χ0v) is 16.0. The molecule has 30 heavy (non-hydrogen) atoms. The molecular formula is C23H18F2N4O. The van der Waals surface area contributed by atoms with Crippen molar-refractivity contribution in [1.29, 1.82) is 0 Å². The molecule has 0 unspecified atom stereocenters. The van der Waals surface area contributed by atoms with Crippen LogP contribution in [0.4, 0.5) is 14.5 Å². The summed E-state index contributed by atoms with van der Waals surface area (Å²) in [6.45, 7) is 1.39. The zero-order chi connectivity index (χ0) is 20.7. The topological polar surface area (TPSA) is 61.9 Å². The molecule has 1 aliphatic rings. The van der Waals surface area contributed by atoms with E-state index in [1.807, 2.05) is 17.0 Å². The Hall–Kier alpha value is -3.61. The predicted octanol–water partition coefficient (Wildman–Crippen LogP) is 4.73. The summed E-state index contributed by atoms with van der Waals surface area (Å²) in [6.07, 6.45) is 8.36. The van der Waals surface area contributed by atoms with E-state index in [-0.39, 0.29) is 11.3 Å². The van der Waals surface area contributed by atoms with Crippen LogP contribution in [0.5, 0.6) is 0 Å². The number of nitrogens with zero attached hydrogens (tertiary/aromatic N) is 3. The predicted molar refractivity (Wildman–Crippen MR) is 111 cm³/mol. The average molecular weight is 404 g/mol. The minimum atomic E-state index is -0.868. The van der Waals surface area contributed by atoms with E-state index in [0.29, 0.717) is 24.1 Å². The van der Waals surface area contributed by atoms with Crippen molar-refractivity contribution in [3.63, 3.8) is 0 Å². The Morgan fingerprint density at radius 3 is 2.57 bits per heavy atom. The monoisotopic (exact) mass is 404 g/mol. The molecule has 0 spiro atoms. The van der Waals surface area contributed by atoms with Gasteiger partial charge in [-0.2, -0.15) is 0 Å². The first-order valence-corrected chi connectivity index (χ1v) is 9.78. The van der Waals surface area contributed by atoms with Gasteiger partial charge in [0.25, 0.3) is 0 Å². The third-order valence-corrected chi connectivity index (χ3v) is 5.53. The van der Waals surface area contributed by atoms with Crippen molar-refractivity contribution in [2.45, 2.75) is 12.8 Å². The van der Waals surface area contributed by atoms with Gasteiger partial charge in [0, 0.05) is 54.4 Å². The fraction of sp³-hybridized carbons (Fsp3) is 0.174. The number of aromatic amines is 1. The second kappa shape index (κ2) is 7.33. The van der Waals surface area contributed by atoms with Gasteiger partial charge in [-0.15, -0.1) is 0 Å². The molecule has 0 radical (unpaired) electrons. The maximum atomic E-state index is 15.2. The maximum absolute atomic E-state index is 15.2. The Kier molecular flexibility index (Phi) is 4.50. The van der Waals surface area contributed by atoms with Crippen molar-refractivity contribution in [3.05, 3.63) is 77.9 Å². The molecule has 5 nitrogen and oxygen atoms in total. The van der Waals surface area contributed by atoms with Crippen molar-refractivity contribution in [2.24, 2.45) is 0 Å². The number of halogens is 2. The fourth-order valence-electron chi connectivity index (χ4n) is 3.98.